The van der Waals surface area contributed by atoms with Crippen LogP contribution in [0.5, 0.6) is 11.5 Å². The van der Waals surface area contributed by atoms with Gasteiger partial charge in [-0.15, -0.1) is 0 Å². The zero-order valence-electron chi connectivity index (χ0n) is 14.4. The van der Waals surface area contributed by atoms with Crippen LogP contribution in [-0.4, -0.2) is 34.6 Å². The van der Waals surface area contributed by atoms with Crippen molar-refractivity contribution in [2.45, 2.75) is 25.0 Å². The molecule has 1 N–H and O–H groups in total. The Morgan fingerprint density at radius 3 is 2.46 bits per heavy atom. The van der Waals surface area contributed by atoms with Crippen LogP contribution in [0.4, 0.5) is 4.79 Å². The summed E-state index contributed by atoms with van der Waals surface area (Å²) in [4.78, 5) is 27.1. The summed E-state index contributed by atoms with van der Waals surface area (Å²) in [7, 11) is 0. The van der Waals surface area contributed by atoms with Crippen LogP contribution in [-0.2, 0) is 17.6 Å². The molecule has 3 rings (SSSR count). The summed E-state index contributed by atoms with van der Waals surface area (Å²) >= 11 is 1.04. The van der Waals surface area contributed by atoms with Crippen LogP contribution in [0.15, 0.2) is 42.6 Å². The van der Waals surface area contributed by atoms with E-state index in [0.29, 0.717) is 26.1 Å². The van der Waals surface area contributed by atoms with Gasteiger partial charge in [-0.3, -0.25) is 19.9 Å². The Morgan fingerprint density at radius 1 is 1.08 bits per heavy atom. The van der Waals surface area contributed by atoms with Crippen LogP contribution in [0, 0.1) is 0 Å². The van der Waals surface area contributed by atoms with Gasteiger partial charge in [0, 0.05) is 12.1 Å². The Hall–Kier alpha value is -2.54. The van der Waals surface area contributed by atoms with Crippen LogP contribution in [0.25, 0.3) is 0 Å². The fourth-order valence-corrected chi connectivity index (χ4v) is 3.41. The van der Waals surface area contributed by atoms with Gasteiger partial charge in [-0.25, -0.2) is 0 Å². The second-order valence-corrected chi connectivity index (χ2v) is 6.92. The molecule has 1 aromatic carbocycles. The molecule has 0 spiro atoms. The van der Waals surface area contributed by atoms with Gasteiger partial charge in [-0.2, -0.15) is 0 Å². The number of imide groups is 1. The highest BCUT2D eigenvalue weighted by Gasteiger charge is 2.31. The van der Waals surface area contributed by atoms with Crippen molar-refractivity contribution in [3.63, 3.8) is 0 Å². The molecule has 6 nitrogen and oxygen atoms in total. The standard InChI is InChI=1S/C19H20N2O4S/c1-2-24-16-8-5-14(20-12-16)9-10-25-15-6-3-13(4-7-15)11-17-18(22)21-19(23)26-17/h3-8,12,17H,2,9-11H2,1H3,(H,21,22,23). The number of rotatable bonds is 8. The fraction of sp³-hybridized carbons (Fsp3) is 0.316. The van der Waals surface area contributed by atoms with Crippen LogP contribution in [0.1, 0.15) is 18.2 Å². The number of hydrogen-bond acceptors (Lipinski definition) is 6. The maximum Gasteiger partial charge on any atom is 0.286 e. The molecular weight excluding hydrogens is 352 g/mol. The quantitative estimate of drug-likeness (QED) is 0.768. The van der Waals surface area contributed by atoms with Crippen LogP contribution < -0.4 is 14.8 Å². The van der Waals surface area contributed by atoms with Crippen molar-refractivity contribution in [1.82, 2.24) is 10.3 Å². The average molecular weight is 372 g/mol. The number of carbonyl (C=O) groups is 2. The van der Waals surface area contributed by atoms with Crippen molar-refractivity contribution >= 4 is 22.9 Å². The number of benzene rings is 1. The number of amides is 2. The summed E-state index contributed by atoms with van der Waals surface area (Å²) in [6, 6.07) is 11.4. The molecule has 2 aromatic rings. The van der Waals surface area contributed by atoms with Crippen molar-refractivity contribution in [2.24, 2.45) is 0 Å². The van der Waals surface area contributed by atoms with Crippen molar-refractivity contribution in [2.75, 3.05) is 13.2 Å². The Bertz CT molecular complexity index is 762. The van der Waals surface area contributed by atoms with E-state index in [1.54, 1.807) is 6.20 Å². The minimum atomic E-state index is -0.347. The van der Waals surface area contributed by atoms with Gasteiger partial charge in [-0.05, 0) is 43.2 Å². The first-order valence-corrected chi connectivity index (χ1v) is 9.33. The summed E-state index contributed by atoms with van der Waals surface area (Å²) in [5.74, 6) is 1.31. The number of thioether (sulfide) groups is 1. The highest BCUT2D eigenvalue weighted by Crippen LogP contribution is 2.24. The summed E-state index contributed by atoms with van der Waals surface area (Å²) in [5.41, 5.74) is 1.94. The van der Waals surface area contributed by atoms with E-state index in [-0.39, 0.29) is 16.4 Å². The van der Waals surface area contributed by atoms with Crippen LogP contribution in [0.2, 0.25) is 0 Å². The van der Waals surface area contributed by atoms with E-state index in [2.05, 4.69) is 10.3 Å². The first-order chi connectivity index (χ1) is 12.6. The molecule has 1 atom stereocenters. The van der Waals surface area contributed by atoms with Gasteiger partial charge in [0.05, 0.1) is 24.7 Å². The van der Waals surface area contributed by atoms with Gasteiger partial charge in [0.2, 0.25) is 5.91 Å². The lowest BCUT2D eigenvalue weighted by Gasteiger charge is -2.09. The predicted octanol–water partition coefficient (Wildman–Crippen LogP) is 3.00. The topological polar surface area (TPSA) is 77.5 Å². The molecule has 0 saturated carbocycles. The maximum atomic E-state index is 11.6. The molecule has 1 unspecified atom stereocenters. The SMILES string of the molecule is CCOc1ccc(CCOc2ccc(CC3SC(=O)NC3=O)cc2)nc1. The highest BCUT2D eigenvalue weighted by atomic mass is 32.2. The molecule has 2 heterocycles. The van der Waals surface area contributed by atoms with Gasteiger partial charge >= 0.3 is 0 Å². The number of hydrogen-bond donors (Lipinski definition) is 1. The Morgan fingerprint density at radius 2 is 1.85 bits per heavy atom. The van der Waals surface area contributed by atoms with Gasteiger partial charge < -0.3 is 9.47 Å². The number of nitrogens with zero attached hydrogens (tertiary/aromatic N) is 1. The second-order valence-electron chi connectivity index (χ2n) is 5.75. The van der Waals surface area contributed by atoms with E-state index >= 15 is 0 Å². The largest absolute Gasteiger partial charge is 0.493 e. The third kappa shape index (κ3) is 4.98. The molecule has 1 aliphatic heterocycles. The first-order valence-electron chi connectivity index (χ1n) is 8.45. The lowest BCUT2D eigenvalue weighted by molar-refractivity contribution is -0.118. The third-order valence-corrected chi connectivity index (χ3v) is 4.83. The van der Waals surface area contributed by atoms with Gasteiger partial charge in [0.25, 0.3) is 5.24 Å². The number of nitrogens with one attached hydrogen (secondary N) is 1. The van der Waals surface area contributed by atoms with E-state index in [4.69, 9.17) is 9.47 Å². The first kappa shape index (κ1) is 18.3. The minimum absolute atomic E-state index is 0.219. The highest BCUT2D eigenvalue weighted by molar-refractivity contribution is 8.15. The molecule has 2 amide bonds. The summed E-state index contributed by atoms with van der Waals surface area (Å²) in [6.07, 6.45) is 2.95. The normalized spacial score (nSPS) is 16.4. The van der Waals surface area contributed by atoms with Gasteiger partial charge in [0.15, 0.2) is 0 Å². The van der Waals surface area contributed by atoms with Gasteiger partial charge in [0.1, 0.15) is 11.5 Å². The van der Waals surface area contributed by atoms with E-state index in [1.165, 1.54) is 0 Å². The lowest BCUT2D eigenvalue weighted by atomic mass is 10.1. The summed E-state index contributed by atoms with van der Waals surface area (Å²) < 4.78 is 11.1. The minimum Gasteiger partial charge on any atom is -0.493 e. The van der Waals surface area contributed by atoms with E-state index in [0.717, 1.165) is 34.5 Å². The number of pyridine rings is 1. The number of ether oxygens (including phenoxy) is 2. The van der Waals surface area contributed by atoms with E-state index in [1.807, 2.05) is 43.3 Å². The average Bonchev–Trinajstić information content (AvgIpc) is 2.95. The number of aromatic nitrogens is 1. The van der Waals surface area contributed by atoms with Crippen LogP contribution >= 0.6 is 11.8 Å². The van der Waals surface area contributed by atoms with Crippen LogP contribution in [0.3, 0.4) is 0 Å². The molecule has 1 fully saturated rings. The van der Waals surface area contributed by atoms with Crippen molar-refractivity contribution in [3.05, 3.63) is 53.9 Å². The third-order valence-electron chi connectivity index (χ3n) is 3.85. The van der Waals surface area contributed by atoms with Crippen molar-refractivity contribution in [1.29, 1.82) is 0 Å². The molecule has 0 bridgehead atoms. The summed E-state index contributed by atoms with van der Waals surface area (Å²) in [5, 5.41) is 1.68. The molecule has 1 aliphatic rings. The maximum absolute atomic E-state index is 11.6. The second kappa shape index (κ2) is 8.71. The monoisotopic (exact) mass is 372 g/mol. The smallest absolute Gasteiger partial charge is 0.286 e. The summed E-state index contributed by atoms with van der Waals surface area (Å²) in [6.45, 7) is 3.09. The Balaban J connectivity index is 1.45. The fourth-order valence-electron chi connectivity index (χ4n) is 2.55. The Labute approximate surface area is 156 Å². The van der Waals surface area contributed by atoms with Crippen molar-refractivity contribution < 1.29 is 19.1 Å². The molecule has 1 aromatic heterocycles. The van der Waals surface area contributed by atoms with E-state index in [9.17, 15) is 9.59 Å². The molecule has 7 heteroatoms. The predicted molar refractivity (Wildman–Crippen MR) is 99.7 cm³/mol. The zero-order valence-corrected chi connectivity index (χ0v) is 15.3. The zero-order chi connectivity index (χ0) is 18.4. The van der Waals surface area contributed by atoms with E-state index < -0.39 is 0 Å². The molecule has 136 valence electrons. The molecule has 0 radical (unpaired) electrons. The molecular formula is C19H20N2O4S. The van der Waals surface area contributed by atoms with Gasteiger partial charge in [-0.1, -0.05) is 23.9 Å². The van der Waals surface area contributed by atoms with Crippen molar-refractivity contribution in [3.8, 4) is 11.5 Å². The molecule has 1 saturated heterocycles. The number of carbonyl (C=O) groups excluding carboxylic acids is 2. The molecule has 0 aliphatic carbocycles. The Kier molecular flexibility index (Phi) is 6.12. The lowest BCUT2D eigenvalue weighted by Crippen LogP contribution is -2.25. The molecule has 26 heavy (non-hydrogen) atoms.